The molecular formula is C22H32O6. The minimum Gasteiger partial charge on any atom is -0.467 e. The Morgan fingerprint density at radius 3 is 1.39 bits per heavy atom. The first-order valence-electron chi connectivity index (χ1n) is 8.93. The summed E-state index contributed by atoms with van der Waals surface area (Å²) >= 11 is 0. The van der Waals surface area contributed by atoms with Gasteiger partial charge in [0.25, 0.3) is 0 Å². The van der Waals surface area contributed by atoms with Crippen molar-refractivity contribution in [1.29, 1.82) is 0 Å². The number of ether oxygens (including phenoxy) is 2. The van der Waals surface area contributed by atoms with Gasteiger partial charge in [-0.1, -0.05) is 47.6 Å². The fraction of sp³-hybridized carbons (Fsp3) is 0.455. The Balaban J connectivity index is 4.57. The lowest BCUT2D eigenvalue weighted by Gasteiger charge is -2.14. The average Bonchev–Trinajstić information content (AvgIpc) is 2.63. The topological polar surface area (TPSA) is 93.1 Å². The highest BCUT2D eigenvalue weighted by Gasteiger charge is 2.28. The molecular weight excluding hydrogens is 360 g/mol. The summed E-state index contributed by atoms with van der Waals surface area (Å²) in [5, 5.41) is 19.8. The van der Waals surface area contributed by atoms with Crippen molar-refractivity contribution >= 4 is 11.9 Å². The van der Waals surface area contributed by atoms with E-state index in [0.717, 1.165) is 24.0 Å². The number of carbonyl (C=O) groups excluding carboxylic acids is 2. The number of methoxy groups -OCH3 is 2. The molecule has 0 aromatic carbocycles. The van der Waals surface area contributed by atoms with Crippen LogP contribution in [0.15, 0.2) is 59.8 Å². The van der Waals surface area contributed by atoms with Gasteiger partial charge in [-0.05, 0) is 52.7 Å². The third kappa shape index (κ3) is 10.0. The third-order valence-corrected chi connectivity index (χ3v) is 3.85. The van der Waals surface area contributed by atoms with Crippen LogP contribution in [-0.2, 0) is 19.1 Å². The summed E-state index contributed by atoms with van der Waals surface area (Å²) in [6.45, 7) is 6.63. The molecule has 0 radical (unpaired) electrons. The summed E-state index contributed by atoms with van der Waals surface area (Å²) in [6, 6.07) is 0. The number of allylic oxidation sites excluding steroid dienone is 8. The van der Waals surface area contributed by atoms with Crippen molar-refractivity contribution in [3.8, 4) is 0 Å². The summed E-state index contributed by atoms with van der Waals surface area (Å²) in [4.78, 5) is 22.7. The molecule has 0 amide bonds. The lowest BCUT2D eigenvalue weighted by Crippen LogP contribution is -2.33. The monoisotopic (exact) mass is 392 g/mol. The molecule has 0 aliphatic rings. The molecule has 0 aliphatic heterocycles. The van der Waals surface area contributed by atoms with E-state index in [9.17, 15) is 19.8 Å². The summed E-state index contributed by atoms with van der Waals surface area (Å²) in [5.41, 5.74) is -1.17. The fourth-order valence-electron chi connectivity index (χ4n) is 2.02. The molecule has 0 aromatic rings. The average molecular weight is 392 g/mol. The van der Waals surface area contributed by atoms with E-state index >= 15 is 0 Å². The first-order chi connectivity index (χ1) is 13.0. The lowest BCUT2D eigenvalue weighted by molar-refractivity contribution is -0.156. The number of carbonyl (C=O) groups is 2. The lowest BCUT2D eigenvalue weighted by atomic mass is 10.1. The molecule has 0 fully saturated rings. The molecule has 28 heavy (non-hydrogen) atoms. The van der Waals surface area contributed by atoms with Crippen molar-refractivity contribution < 1.29 is 29.3 Å². The van der Waals surface area contributed by atoms with Crippen LogP contribution in [0.3, 0.4) is 0 Å². The molecule has 0 rings (SSSR count). The van der Waals surface area contributed by atoms with Crippen molar-refractivity contribution in [2.75, 3.05) is 14.2 Å². The van der Waals surface area contributed by atoms with Gasteiger partial charge < -0.3 is 19.7 Å². The number of esters is 2. The molecule has 0 heterocycles. The standard InChI is InChI=1S/C22H32O6/c1-17(13-9-15-21(3,25)19(23)27-5)11-7-8-12-18(2)14-10-16-22(4,26)20(24)28-6/h7-10,13-16,25-26H,11-12H2,1-6H3/b8-7+,15-9+,16-10+,17-13+,18-14+. The normalized spacial score (nSPS) is 17.7. The van der Waals surface area contributed by atoms with Gasteiger partial charge in [0.1, 0.15) is 0 Å². The van der Waals surface area contributed by atoms with Gasteiger partial charge in [0, 0.05) is 0 Å². The molecule has 2 unspecified atom stereocenters. The Hall–Kier alpha value is -2.44. The van der Waals surface area contributed by atoms with Gasteiger partial charge in [-0.25, -0.2) is 9.59 Å². The van der Waals surface area contributed by atoms with Crippen molar-refractivity contribution in [2.24, 2.45) is 0 Å². The molecule has 0 aromatic heterocycles. The Morgan fingerprint density at radius 2 is 1.11 bits per heavy atom. The van der Waals surface area contributed by atoms with Crippen molar-refractivity contribution in [3.63, 3.8) is 0 Å². The Kier molecular flexibility index (Phi) is 11.0. The quantitative estimate of drug-likeness (QED) is 0.337. The van der Waals surface area contributed by atoms with E-state index in [4.69, 9.17) is 0 Å². The highest BCUT2D eigenvalue weighted by atomic mass is 16.5. The SMILES string of the molecule is COC(=O)C(C)(O)/C=C/C=C(\C)C/C=C/C/C(C)=C/C=C/C(C)(O)C(=O)OC. The number of hydrogen-bond donors (Lipinski definition) is 2. The molecule has 2 N–H and O–H groups in total. The van der Waals surface area contributed by atoms with Gasteiger partial charge in [0.05, 0.1) is 14.2 Å². The fourth-order valence-corrected chi connectivity index (χ4v) is 2.02. The maximum Gasteiger partial charge on any atom is 0.341 e. The molecule has 156 valence electrons. The van der Waals surface area contributed by atoms with Crippen molar-refractivity contribution in [3.05, 3.63) is 59.8 Å². The Morgan fingerprint density at radius 1 is 0.786 bits per heavy atom. The van der Waals surface area contributed by atoms with E-state index in [1.165, 1.54) is 40.2 Å². The predicted octanol–water partition coefficient (Wildman–Crippen LogP) is 3.18. The van der Waals surface area contributed by atoms with Crippen LogP contribution in [0.5, 0.6) is 0 Å². The maximum atomic E-state index is 11.4. The zero-order valence-electron chi connectivity index (χ0n) is 17.6. The van der Waals surface area contributed by atoms with Gasteiger partial charge in [-0.15, -0.1) is 0 Å². The van der Waals surface area contributed by atoms with Crippen LogP contribution >= 0.6 is 0 Å². The molecule has 6 nitrogen and oxygen atoms in total. The molecule has 6 heteroatoms. The predicted molar refractivity (Wildman–Crippen MR) is 109 cm³/mol. The molecule has 0 bridgehead atoms. The summed E-state index contributed by atoms with van der Waals surface area (Å²) in [7, 11) is 2.45. The summed E-state index contributed by atoms with van der Waals surface area (Å²) in [6.07, 6.45) is 15.2. The number of rotatable bonds is 10. The largest absolute Gasteiger partial charge is 0.467 e. The van der Waals surface area contributed by atoms with Gasteiger partial charge in [0.2, 0.25) is 0 Å². The summed E-state index contributed by atoms with van der Waals surface area (Å²) < 4.78 is 9.04. The molecule has 0 spiro atoms. The molecule has 0 saturated heterocycles. The zero-order chi connectivity index (χ0) is 21.8. The van der Waals surface area contributed by atoms with Crippen LogP contribution in [0.25, 0.3) is 0 Å². The van der Waals surface area contributed by atoms with E-state index in [1.54, 1.807) is 12.2 Å². The molecule has 0 saturated carbocycles. The number of hydrogen-bond acceptors (Lipinski definition) is 6. The van der Waals surface area contributed by atoms with E-state index in [0.29, 0.717) is 0 Å². The second-order valence-electron chi connectivity index (χ2n) is 6.90. The van der Waals surface area contributed by atoms with Crippen LogP contribution in [0.2, 0.25) is 0 Å². The van der Waals surface area contributed by atoms with E-state index in [-0.39, 0.29) is 0 Å². The number of aliphatic hydroxyl groups is 2. The van der Waals surface area contributed by atoms with Gasteiger partial charge in [-0.3, -0.25) is 0 Å². The smallest absolute Gasteiger partial charge is 0.341 e. The Labute approximate surface area is 167 Å². The second kappa shape index (κ2) is 12.1. The molecule has 2 atom stereocenters. The van der Waals surface area contributed by atoms with Gasteiger partial charge >= 0.3 is 11.9 Å². The second-order valence-corrected chi connectivity index (χ2v) is 6.90. The van der Waals surface area contributed by atoms with Crippen LogP contribution < -0.4 is 0 Å². The van der Waals surface area contributed by atoms with Crippen molar-refractivity contribution in [2.45, 2.75) is 51.7 Å². The third-order valence-electron chi connectivity index (χ3n) is 3.85. The molecule has 0 aliphatic carbocycles. The minimum atomic E-state index is -1.64. The van der Waals surface area contributed by atoms with E-state index in [2.05, 4.69) is 9.47 Å². The first-order valence-corrected chi connectivity index (χ1v) is 8.93. The van der Waals surface area contributed by atoms with E-state index in [1.807, 2.05) is 38.2 Å². The van der Waals surface area contributed by atoms with Crippen LogP contribution in [0.4, 0.5) is 0 Å². The highest BCUT2D eigenvalue weighted by Crippen LogP contribution is 2.11. The summed E-state index contributed by atoms with van der Waals surface area (Å²) in [5.74, 6) is -1.42. The van der Waals surface area contributed by atoms with Crippen LogP contribution in [-0.4, -0.2) is 47.6 Å². The highest BCUT2D eigenvalue weighted by molar-refractivity contribution is 5.81. The zero-order valence-corrected chi connectivity index (χ0v) is 17.6. The van der Waals surface area contributed by atoms with E-state index < -0.39 is 23.1 Å². The van der Waals surface area contributed by atoms with Gasteiger partial charge in [-0.2, -0.15) is 0 Å². The van der Waals surface area contributed by atoms with Crippen LogP contribution in [0, 0.1) is 0 Å². The Bertz CT molecular complexity index is 617. The maximum absolute atomic E-state index is 11.4. The minimum absolute atomic E-state index is 0.709. The first kappa shape index (κ1) is 25.6. The van der Waals surface area contributed by atoms with Gasteiger partial charge in [0.15, 0.2) is 11.2 Å². The van der Waals surface area contributed by atoms with Crippen molar-refractivity contribution in [1.82, 2.24) is 0 Å². The van der Waals surface area contributed by atoms with Crippen LogP contribution in [0.1, 0.15) is 40.5 Å².